The lowest BCUT2D eigenvalue weighted by Gasteiger charge is -2.05. The van der Waals surface area contributed by atoms with Crippen LogP contribution >= 0.6 is 0 Å². The highest BCUT2D eigenvalue weighted by Crippen LogP contribution is 2.27. The van der Waals surface area contributed by atoms with Gasteiger partial charge in [-0.15, -0.1) is 0 Å². The number of aliphatic imine (C=N–C) groups is 1. The second-order valence-corrected chi connectivity index (χ2v) is 3.62. The molecule has 0 N–H and O–H groups in total. The normalized spacial score (nSPS) is 10.6. The molecule has 0 aliphatic carbocycles. The molecule has 0 unspecified atom stereocenters. The van der Waals surface area contributed by atoms with Crippen molar-refractivity contribution < 1.29 is 9.47 Å². The van der Waals surface area contributed by atoms with Crippen molar-refractivity contribution in [3.8, 4) is 11.5 Å². The van der Waals surface area contributed by atoms with Crippen molar-refractivity contribution in [3.05, 3.63) is 48.3 Å². The van der Waals surface area contributed by atoms with E-state index in [2.05, 4.69) is 9.98 Å². The number of hydrogen-bond donors (Lipinski definition) is 0. The molecule has 1 heterocycles. The third-order valence-electron chi connectivity index (χ3n) is 2.38. The van der Waals surface area contributed by atoms with Crippen molar-refractivity contribution >= 4 is 11.9 Å². The molecule has 92 valence electrons. The molecule has 1 aromatic carbocycles. The van der Waals surface area contributed by atoms with Crippen LogP contribution in [0, 0.1) is 0 Å². The van der Waals surface area contributed by atoms with E-state index in [4.69, 9.17) is 9.47 Å². The Morgan fingerprint density at radius 3 is 2.39 bits per heavy atom. The summed E-state index contributed by atoms with van der Waals surface area (Å²) in [5, 5.41) is 0. The predicted molar refractivity (Wildman–Crippen MR) is 71.0 cm³/mol. The smallest absolute Gasteiger partial charge is 0.124 e. The Balaban J connectivity index is 2.25. The number of rotatable bonds is 4. The fraction of sp³-hybridized carbons (Fsp3) is 0.143. The first kappa shape index (κ1) is 12.1. The molecule has 0 fully saturated rings. The van der Waals surface area contributed by atoms with Crippen molar-refractivity contribution in [1.82, 2.24) is 4.98 Å². The van der Waals surface area contributed by atoms with Gasteiger partial charge < -0.3 is 9.47 Å². The Morgan fingerprint density at radius 1 is 1.11 bits per heavy atom. The molecular formula is C14H14N2O2. The number of benzene rings is 1. The molecule has 0 saturated carbocycles. The molecule has 4 heteroatoms. The number of hydrogen-bond acceptors (Lipinski definition) is 4. The Morgan fingerprint density at radius 2 is 1.83 bits per heavy atom. The minimum absolute atomic E-state index is 0.715. The summed E-state index contributed by atoms with van der Waals surface area (Å²) in [6, 6.07) is 9.30. The van der Waals surface area contributed by atoms with E-state index in [1.807, 2.05) is 30.3 Å². The summed E-state index contributed by atoms with van der Waals surface area (Å²) in [7, 11) is 3.23. The number of ether oxygens (including phenoxy) is 2. The van der Waals surface area contributed by atoms with Crippen LogP contribution in [0.1, 0.15) is 5.56 Å². The van der Waals surface area contributed by atoms with Gasteiger partial charge in [-0.05, 0) is 6.07 Å². The molecule has 2 aromatic rings. The molecule has 0 aliphatic rings. The molecule has 0 saturated heterocycles. The molecule has 1 aromatic heterocycles. The fourth-order valence-electron chi connectivity index (χ4n) is 1.47. The van der Waals surface area contributed by atoms with Gasteiger partial charge in [-0.3, -0.25) is 9.98 Å². The molecule has 2 rings (SSSR count). The van der Waals surface area contributed by atoms with Gasteiger partial charge in [0.25, 0.3) is 0 Å². The molecule has 0 spiro atoms. The first-order valence-corrected chi connectivity index (χ1v) is 5.49. The molecule has 4 nitrogen and oxygen atoms in total. The molecule has 18 heavy (non-hydrogen) atoms. The van der Waals surface area contributed by atoms with Gasteiger partial charge in [0.2, 0.25) is 0 Å². The van der Waals surface area contributed by atoms with Crippen LogP contribution in [0.5, 0.6) is 11.5 Å². The summed E-state index contributed by atoms with van der Waals surface area (Å²) in [6.07, 6.45) is 5.23. The molecule has 0 aliphatic heterocycles. The number of methoxy groups -OCH3 is 2. The molecule has 0 amide bonds. The van der Waals surface area contributed by atoms with Crippen LogP contribution in [0.2, 0.25) is 0 Å². The van der Waals surface area contributed by atoms with E-state index >= 15 is 0 Å². The van der Waals surface area contributed by atoms with E-state index < -0.39 is 0 Å². The maximum atomic E-state index is 5.18. The zero-order chi connectivity index (χ0) is 12.8. The van der Waals surface area contributed by atoms with Gasteiger partial charge in [-0.2, -0.15) is 0 Å². The second kappa shape index (κ2) is 5.82. The lowest BCUT2D eigenvalue weighted by atomic mass is 10.2. The average Bonchev–Trinajstić information content (AvgIpc) is 2.45. The third kappa shape index (κ3) is 3.07. The van der Waals surface area contributed by atoms with Crippen molar-refractivity contribution in [1.29, 1.82) is 0 Å². The van der Waals surface area contributed by atoms with Gasteiger partial charge in [0.1, 0.15) is 11.5 Å². The van der Waals surface area contributed by atoms with Gasteiger partial charge in [0.15, 0.2) is 0 Å². The summed E-state index contributed by atoms with van der Waals surface area (Å²) in [5.41, 5.74) is 1.72. The first-order chi connectivity index (χ1) is 8.81. The summed E-state index contributed by atoms with van der Waals surface area (Å²) in [4.78, 5) is 8.39. The topological polar surface area (TPSA) is 43.7 Å². The number of aromatic nitrogens is 1. The Hall–Kier alpha value is -2.36. The SMILES string of the molecule is COc1cc(/N=C/c2cccnc2)cc(OC)c1. The summed E-state index contributed by atoms with van der Waals surface area (Å²) < 4.78 is 10.4. The van der Waals surface area contributed by atoms with Crippen molar-refractivity contribution in [3.63, 3.8) is 0 Å². The molecule has 0 radical (unpaired) electrons. The summed E-state index contributed by atoms with van der Waals surface area (Å²) in [5.74, 6) is 1.43. The second-order valence-electron chi connectivity index (χ2n) is 3.62. The Labute approximate surface area is 106 Å². The molecule has 0 atom stereocenters. The third-order valence-corrected chi connectivity index (χ3v) is 2.38. The van der Waals surface area contributed by atoms with Gasteiger partial charge >= 0.3 is 0 Å². The predicted octanol–water partition coefficient (Wildman–Crippen LogP) is 2.85. The highest BCUT2D eigenvalue weighted by Gasteiger charge is 2.00. The minimum Gasteiger partial charge on any atom is -0.497 e. The van der Waals surface area contributed by atoms with Gasteiger partial charge in [-0.1, -0.05) is 6.07 Å². The van der Waals surface area contributed by atoms with Crippen molar-refractivity contribution in [2.75, 3.05) is 14.2 Å². The van der Waals surface area contributed by atoms with Gasteiger partial charge in [0.05, 0.1) is 19.9 Å². The zero-order valence-electron chi connectivity index (χ0n) is 10.3. The highest BCUT2D eigenvalue weighted by atomic mass is 16.5. The van der Waals surface area contributed by atoms with Crippen LogP contribution in [0.4, 0.5) is 5.69 Å². The maximum Gasteiger partial charge on any atom is 0.124 e. The molecule has 0 bridgehead atoms. The lowest BCUT2D eigenvalue weighted by Crippen LogP contribution is -1.87. The molecular weight excluding hydrogens is 228 g/mol. The first-order valence-electron chi connectivity index (χ1n) is 5.49. The fourth-order valence-corrected chi connectivity index (χ4v) is 1.47. The Kier molecular flexibility index (Phi) is 3.91. The summed E-state index contributed by atoms with van der Waals surface area (Å²) in [6.45, 7) is 0. The standard InChI is InChI=1S/C14H14N2O2/c1-17-13-6-12(7-14(8-13)18-2)16-10-11-4-3-5-15-9-11/h3-10H,1-2H3/b16-10+. The van der Waals surface area contributed by atoms with E-state index in [9.17, 15) is 0 Å². The van der Waals surface area contributed by atoms with Crippen LogP contribution in [-0.4, -0.2) is 25.4 Å². The van der Waals surface area contributed by atoms with E-state index in [1.165, 1.54) is 0 Å². The maximum absolute atomic E-state index is 5.18. The monoisotopic (exact) mass is 242 g/mol. The zero-order valence-corrected chi connectivity index (χ0v) is 10.3. The quantitative estimate of drug-likeness (QED) is 0.774. The van der Waals surface area contributed by atoms with E-state index in [0.717, 1.165) is 11.3 Å². The van der Waals surface area contributed by atoms with Crippen LogP contribution in [0.25, 0.3) is 0 Å². The minimum atomic E-state index is 0.715. The number of pyridine rings is 1. The van der Waals surface area contributed by atoms with E-state index in [-0.39, 0.29) is 0 Å². The van der Waals surface area contributed by atoms with E-state index in [1.54, 1.807) is 32.8 Å². The van der Waals surface area contributed by atoms with Crippen LogP contribution in [0.15, 0.2) is 47.7 Å². The summed E-state index contributed by atoms with van der Waals surface area (Å²) >= 11 is 0. The Bertz CT molecular complexity index is 516. The average molecular weight is 242 g/mol. The van der Waals surface area contributed by atoms with Crippen LogP contribution < -0.4 is 9.47 Å². The van der Waals surface area contributed by atoms with Gasteiger partial charge in [0, 0.05) is 42.4 Å². The largest absolute Gasteiger partial charge is 0.497 e. The van der Waals surface area contributed by atoms with Crippen molar-refractivity contribution in [2.45, 2.75) is 0 Å². The van der Waals surface area contributed by atoms with Crippen molar-refractivity contribution in [2.24, 2.45) is 4.99 Å². The van der Waals surface area contributed by atoms with E-state index in [0.29, 0.717) is 11.5 Å². The number of nitrogens with zero attached hydrogens (tertiary/aromatic N) is 2. The van der Waals surface area contributed by atoms with Crippen LogP contribution in [-0.2, 0) is 0 Å². The van der Waals surface area contributed by atoms with Crippen LogP contribution in [0.3, 0.4) is 0 Å². The highest BCUT2D eigenvalue weighted by molar-refractivity contribution is 5.81. The van der Waals surface area contributed by atoms with Gasteiger partial charge in [-0.25, -0.2) is 0 Å². The lowest BCUT2D eigenvalue weighted by molar-refractivity contribution is 0.394.